The number of aryl methyl sites for hydroxylation is 1. The standard InChI is InChI=1S/C17H19N3O/c1-20(12-6-9-13-7-3-2-4-8-13)17-19-16-14(18)10-5-11-15(16)21-17/h2-5,7-8,10-11H,6,9,12,18H2,1H3. The van der Waals surface area contributed by atoms with E-state index in [0.29, 0.717) is 11.7 Å². The van der Waals surface area contributed by atoms with E-state index in [0.717, 1.165) is 30.5 Å². The minimum atomic E-state index is 0.621. The second-order valence-corrected chi connectivity index (χ2v) is 5.20. The van der Waals surface area contributed by atoms with Crippen LogP contribution in [0.4, 0.5) is 11.7 Å². The molecule has 1 aromatic heterocycles. The zero-order chi connectivity index (χ0) is 14.7. The van der Waals surface area contributed by atoms with E-state index in [2.05, 4.69) is 29.2 Å². The van der Waals surface area contributed by atoms with E-state index < -0.39 is 0 Å². The fourth-order valence-corrected chi connectivity index (χ4v) is 2.38. The molecule has 0 unspecified atom stereocenters. The molecule has 0 aliphatic carbocycles. The van der Waals surface area contributed by atoms with E-state index in [-0.39, 0.29) is 0 Å². The van der Waals surface area contributed by atoms with Crippen molar-refractivity contribution in [2.45, 2.75) is 12.8 Å². The van der Waals surface area contributed by atoms with Crippen molar-refractivity contribution >= 4 is 22.8 Å². The molecule has 0 saturated heterocycles. The fourth-order valence-electron chi connectivity index (χ4n) is 2.38. The largest absolute Gasteiger partial charge is 0.423 e. The van der Waals surface area contributed by atoms with Crippen molar-refractivity contribution in [3.05, 3.63) is 54.1 Å². The van der Waals surface area contributed by atoms with Crippen molar-refractivity contribution in [2.75, 3.05) is 24.2 Å². The monoisotopic (exact) mass is 281 g/mol. The Morgan fingerprint density at radius 1 is 1.10 bits per heavy atom. The van der Waals surface area contributed by atoms with Gasteiger partial charge in [0.1, 0.15) is 5.52 Å². The van der Waals surface area contributed by atoms with Crippen molar-refractivity contribution in [3.8, 4) is 0 Å². The Hall–Kier alpha value is -2.49. The van der Waals surface area contributed by atoms with Crippen LogP contribution >= 0.6 is 0 Å². The summed E-state index contributed by atoms with van der Waals surface area (Å²) in [7, 11) is 1.99. The summed E-state index contributed by atoms with van der Waals surface area (Å²) in [6.07, 6.45) is 2.10. The minimum Gasteiger partial charge on any atom is -0.423 e. The number of hydrogen-bond donors (Lipinski definition) is 1. The molecule has 0 radical (unpaired) electrons. The van der Waals surface area contributed by atoms with Crippen LogP contribution in [0, 0.1) is 0 Å². The first-order valence-electron chi connectivity index (χ1n) is 7.14. The molecular formula is C17H19N3O. The number of hydrogen-bond acceptors (Lipinski definition) is 4. The highest BCUT2D eigenvalue weighted by molar-refractivity contribution is 5.86. The van der Waals surface area contributed by atoms with Gasteiger partial charge in [-0.1, -0.05) is 36.4 Å². The van der Waals surface area contributed by atoms with Crippen LogP contribution in [0.5, 0.6) is 0 Å². The molecular weight excluding hydrogens is 262 g/mol. The summed E-state index contributed by atoms with van der Waals surface area (Å²) in [5.41, 5.74) is 9.39. The average molecular weight is 281 g/mol. The third kappa shape index (κ3) is 2.99. The normalized spacial score (nSPS) is 10.9. The van der Waals surface area contributed by atoms with Gasteiger partial charge in [-0.2, -0.15) is 4.98 Å². The van der Waals surface area contributed by atoms with Gasteiger partial charge in [0.2, 0.25) is 0 Å². The summed E-state index contributed by atoms with van der Waals surface area (Å²) >= 11 is 0. The minimum absolute atomic E-state index is 0.621. The third-order valence-electron chi connectivity index (χ3n) is 3.57. The van der Waals surface area contributed by atoms with Crippen LogP contribution in [0.1, 0.15) is 12.0 Å². The maximum atomic E-state index is 5.90. The van der Waals surface area contributed by atoms with Gasteiger partial charge in [-0.05, 0) is 30.5 Å². The average Bonchev–Trinajstić information content (AvgIpc) is 2.94. The fraction of sp³-hybridized carbons (Fsp3) is 0.235. The molecule has 21 heavy (non-hydrogen) atoms. The van der Waals surface area contributed by atoms with E-state index >= 15 is 0 Å². The molecule has 3 rings (SSSR count). The van der Waals surface area contributed by atoms with Gasteiger partial charge in [-0.25, -0.2) is 0 Å². The number of para-hydroxylation sites is 1. The second-order valence-electron chi connectivity index (χ2n) is 5.20. The van der Waals surface area contributed by atoms with Crippen molar-refractivity contribution in [1.29, 1.82) is 0 Å². The number of nitrogens with zero attached hydrogens (tertiary/aromatic N) is 2. The second kappa shape index (κ2) is 5.87. The summed E-state index contributed by atoms with van der Waals surface area (Å²) in [6.45, 7) is 0.890. The number of anilines is 2. The molecule has 108 valence electrons. The Bertz CT molecular complexity index is 721. The van der Waals surface area contributed by atoms with Gasteiger partial charge >= 0.3 is 0 Å². The van der Waals surface area contributed by atoms with Gasteiger partial charge in [-0.3, -0.25) is 0 Å². The molecule has 3 aromatic rings. The highest BCUT2D eigenvalue weighted by atomic mass is 16.4. The molecule has 0 aliphatic rings. The molecule has 4 heteroatoms. The van der Waals surface area contributed by atoms with Gasteiger partial charge in [0.25, 0.3) is 6.01 Å². The van der Waals surface area contributed by atoms with Crippen LogP contribution in [0.15, 0.2) is 52.9 Å². The lowest BCUT2D eigenvalue weighted by molar-refractivity contribution is 0.578. The highest BCUT2D eigenvalue weighted by Crippen LogP contribution is 2.25. The van der Waals surface area contributed by atoms with Gasteiger partial charge in [0, 0.05) is 13.6 Å². The summed E-state index contributed by atoms with van der Waals surface area (Å²) in [5, 5.41) is 0. The number of rotatable bonds is 5. The SMILES string of the molecule is CN(CCCc1ccccc1)c1nc2c(N)cccc2o1. The summed E-state index contributed by atoms with van der Waals surface area (Å²) in [6, 6.07) is 16.7. The molecule has 1 heterocycles. The summed E-state index contributed by atoms with van der Waals surface area (Å²) in [5.74, 6) is 0. The van der Waals surface area contributed by atoms with Crippen LogP contribution in [0.2, 0.25) is 0 Å². The maximum Gasteiger partial charge on any atom is 0.298 e. The van der Waals surface area contributed by atoms with E-state index in [9.17, 15) is 0 Å². The number of nitrogens with two attached hydrogens (primary N) is 1. The maximum absolute atomic E-state index is 5.90. The number of nitrogen functional groups attached to an aromatic ring is 1. The van der Waals surface area contributed by atoms with Gasteiger partial charge in [0.15, 0.2) is 5.58 Å². The zero-order valence-corrected chi connectivity index (χ0v) is 12.1. The van der Waals surface area contributed by atoms with E-state index in [1.54, 1.807) is 0 Å². The molecule has 0 spiro atoms. The number of fused-ring (bicyclic) bond motifs is 1. The molecule has 4 nitrogen and oxygen atoms in total. The van der Waals surface area contributed by atoms with Crippen LogP contribution < -0.4 is 10.6 Å². The smallest absolute Gasteiger partial charge is 0.298 e. The zero-order valence-electron chi connectivity index (χ0n) is 12.1. The first-order chi connectivity index (χ1) is 10.2. The van der Waals surface area contributed by atoms with E-state index in [1.807, 2.05) is 36.2 Å². The predicted molar refractivity (Wildman–Crippen MR) is 86.5 cm³/mol. The Morgan fingerprint density at radius 2 is 1.90 bits per heavy atom. The van der Waals surface area contributed by atoms with Crippen molar-refractivity contribution in [2.24, 2.45) is 0 Å². The number of benzene rings is 2. The Morgan fingerprint density at radius 3 is 2.67 bits per heavy atom. The molecule has 0 bridgehead atoms. The Balaban J connectivity index is 1.64. The van der Waals surface area contributed by atoms with Crippen molar-refractivity contribution < 1.29 is 4.42 Å². The molecule has 2 aromatic carbocycles. The van der Waals surface area contributed by atoms with Crippen LogP contribution in [-0.2, 0) is 6.42 Å². The molecule has 0 aliphatic heterocycles. The Labute approximate surface area is 124 Å². The topological polar surface area (TPSA) is 55.3 Å². The first kappa shape index (κ1) is 13.5. The summed E-state index contributed by atoms with van der Waals surface area (Å²) < 4.78 is 5.75. The Kier molecular flexibility index (Phi) is 3.77. The number of aromatic nitrogens is 1. The van der Waals surface area contributed by atoms with E-state index in [1.165, 1.54) is 5.56 Å². The lowest BCUT2D eigenvalue weighted by atomic mass is 10.1. The van der Waals surface area contributed by atoms with Crippen LogP contribution in [0.25, 0.3) is 11.1 Å². The lowest BCUT2D eigenvalue weighted by Crippen LogP contribution is -2.19. The van der Waals surface area contributed by atoms with Gasteiger partial charge in [-0.15, -0.1) is 0 Å². The third-order valence-corrected chi connectivity index (χ3v) is 3.57. The highest BCUT2D eigenvalue weighted by Gasteiger charge is 2.11. The van der Waals surface area contributed by atoms with Crippen LogP contribution in [0.3, 0.4) is 0 Å². The predicted octanol–water partition coefficient (Wildman–Crippen LogP) is 3.48. The lowest BCUT2D eigenvalue weighted by Gasteiger charge is -2.13. The van der Waals surface area contributed by atoms with Crippen LogP contribution in [-0.4, -0.2) is 18.6 Å². The number of oxazole rings is 1. The molecule has 0 saturated carbocycles. The first-order valence-corrected chi connectivity index (χ1v) is 7.14. The molecule has 2 N–H and O–H groups in total. The quantitative estimate of drug-likeness (QED) is 0.727. The van der Waals surface area contributed by atoms with Gasteiger partial charge < -0.3 is 15.1 Å². The summed E-state index contributed by atoms with van der Waals surface area (Å²) in [4.78, 5) is 6.50. The molecule has 0 amide bonds. The molecule has 0 atom stereocenters. The van der Waals surface area contributed by atoms with E-state index in [4.69, 9.17) is 10.2 Å². The van der Waals surface area contributed by atoms with Gasteiger partial charge in [0.05, 0.1) is 5.69 Å². The van der Waals surface area contributed by atoms with Crippen molar-refractivity contribution in [1.82, 2.24) is 4.98 Å². The van der Waals surface area contributed by atoms with Crippen molar-refractivity contribution in [3.63, 3.8) is 0 Å². The molecule has 0 fully saturated rings.